The Labute approximate surface area is 94.9 Å². The molecule has 0 saturated heterocycles. The van der Waals surface area contributed by atoms with Gasteiger partial charge < -0.3 is 5.11 Å². The van der Waals surface area contributed by atoms with E-state index < -0.39 is 5.60 Å². The fourth-order valence-corrected chi connectivity index (χ4v) is 1.69. The molecule has 1 atom stereocenters. The van der Waals surface area contributed by atoms with Gasteiger partial charge in [0.15, 0.2) is 5.78 Å². The second-order valence-corrected chi connectivity index (χ2v) is 4.54. The van der Waals surface area contributed by atoms with Crippen LogP contribution in [0.1, 0.15) is 26.3 Å². The van der Waals surface area contributed by atoms with E-state index in [-0.39, 0.29) is 11.7 Å². The molecule has 0 aliphatic rings. The number of rotatable bonds is 3. The first-order chi connectivity index (χ1) is 6.85. The minimum Gasteiger partial charge on any atom is -0.378 e. The van der Waals surface area contributed by atoms with Crippen LogP contribution >= 0.6 is 11.6 Å². The molecule has 0 aliphatic heterocycles. The highest BCUT2D eigenvalue weighted by atomic mass is 35.5. The molecular weight excluding hydrogens is 212 g/mol. The lowest BCUT2D eigenvalue weighted by Gasteiger charge is -2.24. The summed E-state index contributed by atoms with van der Waals surface area (Å²) in [7, 11) is 0. The SMILES string of the molecule is CC(C)C(=O)C(C)(O)c1cccc(Cl)c1. The van der Waals surface area contributed by atoms with E-state index in [9.17, 15) is 9.90 Å². The van der Waals surface area contributed by atoms with Gasteiger partial charge in [0, 0.05) is 10.9 Å². The minimum absolute atomic E-state index is 0.204. The highest BCUT2D eigenvalue weighted by Gasteiger charge is 2.33. The molecule has 0 saturated carbocycles. The molecule has 2 nitrogen and oxygen atoms in total. The first-order valence-electron chi connectivity index (χ1n) is 4.88. The summed E-state index contributed by atoms with van der Waals surface area (Å²) < 4.78 is 0. The zero-order valence-electron chi connectivity index (χ0n) is 9.12. The Bertz CT molecular complexity index is 370. The van der Waals surface area contributed by atoms with Gasteiger partial charge >= 0.3 is 0 Å². The molecule has 1 aromatic rings. The van der Waals surface area contributed by atoms with Crippen molar-refractivity contribution >= 4 is 17.4 Å². The monoisotopic (exact) mass is 226 g/mol. The predicted molar refractivity (Wildman–Crippen MR) is 60.9 cm³/mol. The Morgan fingerprint density at radius 3 is 2.53 bits per heavy atom. The van der Waals surface area contributed by atoms with Crippen LogP contribution < -0.4 is 0 Å². The molecule has 0 spiro atoms. The van der Waals surface area contributed by atoms with Crippen molar-refractivity contribution in [3.63, 3.8) is 0 Å². The molecule has 15 heavy (non-hydrogen) atoms. The molecule has 0 heterocycles. The van der Waals surface area contributed by atoms with Crippen molar-refractivity contribution in [1.82, 2.24) is 0 Å². The quantitative estimate of drug-likeness (QED) is 0.861. The number of aliphatic hydroxyl groups is 1. The first kappa shape index (κ1) is 12.2. The molecule has 0 radical (unpaired) electrons. The van der Waals surface area contributed by atoms with Crippen molar-refractivity contribution in [3.8, 4) is 0 Å². The third-order valence-electron chi connectivity index (χ3n) is 2.39. The number of ketones is 1. The highest BCUT2D eigenvalue weighted by molar-refractivity contribution is 6.30. The maximum absolute atomic E-state index is 11.8. The third-order valence-corrected chi connectivity index (χ3v) is 2.63. The summed E-state index contributed by atoms with van der Waals surface area (Å²) in [6.45, 7) is 5.03. The molecule has 1 rings (SSSR count). The number of carbonyl (C=O) groups is 1. The van der Waals surface area contributed by atoms with Crippen LogP contribution in [-0.2, 0) is 10.4 Å². The van der Waals surface area contributed by atoms with Gasteiger partial charge in [0.1, 0.15) is 5.60 Å². The lowest BCUT2D eigenvalue weighted by atomic mass is 9.86. The minimum atomic E-state index is -1.46. The van der Waals surface area contributed by atoms with Crippen LogP contribution in [0, 0.1) is 5.92 Å². The fourth-order valence-electron chi connectivity index (χ4n) is 1.50. The van der Waals surface area contributed by atoms with E-state index in [1.54, 1.807) is 38.1 Å². The molecule has 1 unspecified atom stereocenters. The average Bonchev–Trinajstić information content (AvgIpc) is 2.16. The van der Waals surface area contributed by atoms with Gasteiger partial charge in [0.25, 0.3) is 0 Å². The summed E-state index contributed by atoms with van der Waals surface area (Å²) in [5.74, 6) is -0.413. The van der Waals surface area contributed by atoms with E-state index >= 15 is 0 Å². The molecule has 0 amide bonds. The van der Waals surface area contributed by atoms with E-state index in [0.717, 1.165) is 0 Å². The maximum Gasteiger partial charge on any atom is 0.171 e. The molecular formula is C12H15ClO2. The molecule has 3 heteroatoms. The summed E-state index contributed by atoms with van der Waals surface area (Å²) >= 11 is 5.81. The zero-order chi connectivity index (χ0) is 11.6. The predicted octanol–water partition coefficient (Wildman–Crippen LogP) is 2.77. The lowest BCUT2D eigenvalue weighted by Crippen LogP contribution is -2.35. The van der Waals surface area contributed by atoms with E-state index in [1.807, 2.05) is 0 Å². The van der Waals surface area contributed by atoms with E-state index in [1.165, 1.54) is 6.92 Å². The Kier molecular flexibility index (Phi) is 3.53. The smallest absolute Gasteiger partial charge is 0.171 e. The maximum atomic E-state index is 11.8. The number of Topliss-reactive ketones (excluding diaryl/α,β-unsaturated/α-hetero) is 1. The second kappa shape index (κ2) is 4.33. The van der Waals surface area contributed by atoms with Crippen LogP contribution in [0.2, 0.25) is 5.02 Å². The number of hydrogen-bond donors (Lipinski definition) is 1. The summed E-state index contributed by atoms with van der Waals surface area (Å²) in [6.07, 6.45) is 0. The van der Waals surface area contributed by atoms with Gasteiger partial charge in [-0.1, -0.05) is 37.6 Å². The molecule has 0 bridgehead atoms. The van der Waals surface area contributed by atoms with Crippen molar-refractivity contribution in [3.05, 3.63) is 34.9 Å². The molecule has 1 N–H and O–H groups in total. The van der Waals surface area contributed by atoms with Gasteiger partial charge in [-0.25, -0.2) is 0 Å². The number of hydrogen-bond acceptors (Lipinski definition) is 2. The van der Waals surface area contributed by atoms with Crippen molar-refractivity contribution in [2.75, 3.05) is 0 Å². The first-order valence-corrected chi connectivity index (χ1v) is 5.26. The third kappa shape index (κ3) is 2.58. The van der Waals surface area contributed by atoms with Crippen LogP contribution in [0.4, 0.5) is 0 Å². The Hall–Kier alpha value is -0.860. The van der Waals surface area contributed by atoms with E-state index in [4.69, 9.17) is 11.6 Å². The van der Waals surface area contributed by atoms with Crippen LogP contribution in [0.5, 0.6) is 0 Å². The van der Waals surface area contributed by atoms with Crippen molar-refractivity contribution in [2.45, 2.75) is 26.4 Å². The van der Waals surface area contributed by atoms with Crippen LogP contribution in [0.25, 0.3) is 0 Å². The number of carbonyl (C=O) groups excluding carboxylic acids is 1. The highest BCUT2D eigenvalue weighted by Crippen LogP contribution is 2.26. The van der Waals surface area contributed by atoms with Gasteiger partial charge in [-0.2, -0.15) is 0 Å². The number of halogens is 1. The normalized spacial score (nSPS) is 15.1. The van der Waals surface area contributed by atoms with Gasteiger partial charge in [-0.05, 0) is 24.6 Å². The van der Waals surface area contributed by atoms with Gasteiger partial charge in [-0.3, -0.25) is 4.79 Å². The van der Waals surface area contributed by atoms with Gasteiger partial charge in [0.2, 0.25) is 0 Å². The van der Waals surface area contributed by atoms with Crippen molar-refractivity contribution in [2.24, 2.45) is 5.92 Å². The van der Waals surface area contributed by atoms with Gasteiger partial charge in [0.05, 0.1) is 0 Å². The molecule has 0 aromatic heterocycles. The van der Waals surface area contributed by atoms with Crippen LogP contribution in [-0.4, -0.2) is 10.9 Å². The average molecular weight is 227 g/mol. The van der Waals surface area contributed by atoms with E-state index in [0.29, 0.717) is 10.6 Å². The van der Waals surface area contributed by atoms with Crippen molar-refractivity contribution in [1.29, 1.82) is 0 Å². The topological polar surface area (TPSA) is 37.3 Å². The number of benzene rings is 1. The molecule has 1 aromatic carbocycles. The lowest BCUT2D eigenvalue weighted by molar-refractivity contribution is -0.139. The van der Waals surface area contributed by atoms with Gasteiger partial charge in [-0.15, -0.1) is 0 Å². The van der Waals surface area contributed by atoms with Crippen molar-refractivity contribution < 1.29 is 9.90 Å². The molecule has 0 fully saturated rings. The molecule has 0 aliphatic carbocycles. The standard InChI is InChI=1S/C12H15ClO2/c1-8(2)11(14)12(3,15)9-5-4-6-10(13)7-9/h4-8,15H,1-3H3. The summed E-state index contributed by atoms with van der Waals surface area (Å²) in [5, 5.41) is 10.7. The summed E-state index contributed by atoms with van der Waals surface area (Å²) in [6, 6.07) is 6.74. The Balaban J connectivity index is 3.10. The van der Waals surface area contributed by atoms with Crippen LogP contribution in [0.15, 0.2) is 24.3 Å². The largest absolute Gasteiger partial charge is 0.378 e. The van der Waals surface area contributed by atoms with E-state index in [2.05, 4.69) is 0 Å². The van der Waals surface area contributed by atoms with Crippen LogP contribution in [0.3, 0.4) is 0 Å². The molecule has 82 valence electrons. The Morgan fingerprint density at radius 2 is 2.07 bits per heavy atom. The fraction of sp³-hybridized carbons (Fsp3) is 0.417. The second-order valence-electron chi connectivity index (χ2n) is 4.10. The summed E-state index contributed by atoms with van der Waals surface area (Å²) in [5.41, 5.74) is -0.923. The zero-order valence-corrected chi connectivity index (χ0v) is 9.88. The Morgan fingerprint density at radius 1 is 1.47 bits per heavy atom. The summed E-state index contributed by atoms with van der Waals surface area (Å²) in [4.78, 5) is 11.8.